The molecular weight excluding hydrogens is 336 g/mol. The van der Waals surface area contributed by atoms with Gasteiger partial charge in [0.15, 0.2) is 11.6 Å². The summed E-state index contributed by atoms with van der Waals surface area (Å²) in [5.41, 5.74) is 0.872. The third-order valence-corrected chi connectivity index (χ3v) is 5.71. The van der Waals surface area contributed by atoms with E-state index >= 15 is 0 Å². The zero-order valence-corrected chi connectivity index (χ0v) is 15.3. The number of aromatic nitrogens is 1. The van der Waals surface area contributed by atoms with Gasteiger partial charge in [-0.2, -0.15) is 0 Å². The average Bonchev–Trinajstić information content (AvgIpc) is 2.94. The van der Waals surface area contributed by atoms with E-state index in [0.29, 0.717) is 24.4 Å². The van der Waals surface area contributed by atoms with Crippen molar-refractivity contribution in [3.8, 4) is 11.5 Å². The second-order valence-corrected chi connectivity index (χ2v) is 7.55. The first kappa shape index (κ1) is 17.6. The summed E-state index contributed by atoms with van der Waals surface area (Å²) in [5, 5.41) is 0. The molecule has 140 valence electrons. The highest BCUT2D eigenvalue weighted by Crippen LogP contribution is 2.29. The van der Waals surface area contributed by atoms with E-state index in [1.165, 1.54) is 37.9 Å². The van der Waals surface area contributed by atoms with E-state index in [0.717, 1.165) is 24.8 Å². The normalized spacial score (nSPS) is 22.5. The Bertz CT molecular complexity index is 785. The van der Waals surface area contributed by atoms with Crippen LogP contribution in [0.15, 0.2) is 22.6 Å². The van der Waals surface area contributed by atoms with Gasteiger partial charge in [0.05, 0.1) is 11.3 Å². The zero-order valence-electron chi connectivity index (χ0n) is 15.3. The van der Waals surface area contributed by atoms with E-state index in [4.69, 9.17) is 4.42 Å². The molecule has 0 saturated carbocycles. The van der Waals surface area contributed by atoms with Crippen LogP contribution in [0.3, 0.4) is 0 Å². The number of benzene rings is 1. The van der Waals surface area contributed by atoms with Crippen molar-refractivity contribution in [2.45, 2.75) is 51.7 Å². The Morgan fingerprint density at radius 1 is 1.23 bits per heavy atom. The number of halogens is 2. The van der Waals surface area contributed by atoms with Crippen molar-refractivity contribution in [2.75, 3.05) is 19.6 Å². The lowest BCUT2D eigenvalue weighted by Crippen LogP contribution is -2.61. The van der Waals surface area contributed by atoms with E-state index < -0.39 is 11.6 Å². The molecular formula is C20H25F2N3O. The van der Waals surface area contributed by atoms with Crippen LogP contribution in [0.1, 0.15) is 37.6 Å². The Hall–Kier alpha value is -1.79. The number of hydrogen-bond acceptors (Lipinski definition) is 4. The number of rotatable bonds is 4. The fourth-order valence-corrected chi connectivity index (χ4v) is 4.11. The molecule has 2 aliphatic rings. The van der Waals surface area contributed by atoms with Crippen LogP contribution in [0.4, 0.5) is 8.78 Å². The Morgan fingerprint density at radius 2 is 2.04 bits per heavy atom. The molecule has 6 heteroatoms. The smallest absolute Gasteiger partial charge is 0.229 e. The van der Waals surface area contributed by atoms with Crippen LogP contribution in [0.25, 0.3) is 11.5 Å². The summed E-state index contributed by atoms with van der Waals surface area (Å²) in [5.74, 6) is -0.987. The Balaban J connectivity index is 1.41. The summed E-state index contributed by atoms with van der Waals surface area (Å²) >= 11 is 0. The SMILES string of the molecule is Cc1oc(-c2cccc(F)c2F)nc1CN1CC(N2CCCC[C@@H]2C)C1. The lowest BCUT2D eigenvalue weighted by atomic mass is 9.97. The topological polar surface area (TPSA) is 32.5 Å². The van der Waals surface area contributed by atoms with Crippen molar-refractivity contribution in [1.29, 1.82) is 0 Å². The van der Waals surface area contributed by atoms with Crippen LogP contribution >= 0.6 is 0 Å². The molecule has 0 unspecified atom stereocenters. The van der Waals surface area contributed by atoms with Crippen molar-refractivity contribution in [1.82, 2.24) is 14.8 Å². The quantitative estimate of drug-likeness (QED) is 0.824. The maximum Gasteiger partial charge on any atom is 0.229 e. The lowest BCUT2D eigenvalue weighted by Gasteiger charge is -2.49. The molecule has 0 bridgehead atoms. The number of aryl methyl sites for hydroxylation is 1. The monoisotopic (exact) mass is 361 g/mol. The molecule has 1 atom stereocenters. The first-order valence-corrected chi connectivity index (χ1v) is 9.41. The molecule has 2 aliphatic heterocycles. The molecule has 4 nitrogen and oxygen atoms in total. The predicted octanol–water partition coefficient (Wildman–Crippen LogP) is 3.99. The van der Waals surface area contributed by atoms with E-state index in [1.54, 1.807) is 0 Å². The number of likely N-dealkylation sites (tertiary alicyclic amines) is 2. The van der Waals surface area contributed by atoms with Gasteiger partial charge in [-0.3, -0.25) is 9.80 Å². The Kier molecular flexibility index (Phi) is 4.80. The van der Waals surface area contributed by atoms with E-state index in [-0.39, 0.29) is 11.5 Å². The van der Waals surface area contributed by atoms with Crippen LogP contribution in [-0.2, 0) is 6.54 Å². The molecule has 2 saturated heterocycles. The van der Waals surface area contributed by atoms with Gasteiger partial charge in [0, 0.05) is 31.7 Å². The largest absolute Gasteiger partial charge is 0.441 e. The van der Waals surface area contributed by atoms with Gasteiger partial charge in [0.2, 0.25) is 5.89 Å². The van der Waals surface area contributed by atoms with Gasteiger partial charge < -0.3 is 4.42 Å². The lowest BCUT2D eigenvalue weighted by molar-refractivity contribution is -0.00685. The summed E-state index contributed by atoms with van der Waals surface area (Å²) in [7, 11) is 0. The van der Waals surface area contributed by atoms with Crippen LogP contribution in [0.2, 0.25) is 0 Å². The summed E-state index contributed by atoms with van der Waals surface area (Å²) in [6, 6.07) is 5.35. The summed E-state index contributed by atoms with van der Waals surface area (Å²) in [6.45, 7) is 8.09. The second-order valence-electron chi connectivity index (χ2n) is 7.55. The molecule has 0 radical (unpaired) electrons. The van der Waals surface area contributed by atoms with Crippen LogP contribution in [0, 0.1) is 18.6 Å². The number of piperidine rings is 1. The minimum Gasteiger partial charge on any atom is -0.441 e. The van der Waals surface area contributed by atoms with Gasteiger partial charge in [-0.25, -0.2) is 13.8 Å². The number of oxazole rings is 1. The fraction of sp³-hybridized carbons (Fsp3) is 0.550. The molecule has 0 aliphatic carbocycles. The highest BCUT2D eigenvalue weighted by Gasteiger charge is 2.35. The summed E-state index contributed by atoms with van der Waals surface area (Å²) < 4.78 is 33.0. The van der Waals surface area contributed by atoms with Crippen molar-refractivity contribution in [2.24, 2.45) is 0 Å². The first-order valence-electron chi connectivity index (χ1n) is 9.41. The van der Waals surface area contributed by atoms with Gasteiger partial charge in [0.1, 0.15) is 5.76 Å². The van der Waals surface area contributed by atoms with E-state index in [1.807, 2.05) is 6.92 Å². The summed E-state index contributed by atoms with van der Waals surface area (Å²) in [4.78, 5) is 9.39. The first-order chi connectivity index (χ1) is 12.5. The molecule has 4 rings (SSSR count). The molecule has 1 aromatic carbocycles. The van der Waals surface area contributed by atoms with Gasteiger partial charge in [-0.1, -0.05) is 12.5 Å². The highest BCUT2D eigenvalue weighted by molar-refractivity contribution is 5.54. The number of hydrogen-bond donors (Lipinski definition) is 0. The van der Waals surface area contributed by atoms with Gasteiger partial charge in [0.25, 0.3) is 0 Å². The molecule has 0 N–H and O–H groups in total. The fourth-order valence-electron chi connectivity index (χ4n) is 4.11. The third kappa shape index (κ3) is 3.28. The van der Waals surface area contributed by atoms with E-state index in [2.05, 4.69) is 21.7 Å². The molecule has 2 fully saturated rings. The van der Waals surface area contributed by atoms with Crippen molar-refractivity contribution in [3.63, 3.8) is 0 Å². The van der Waals surface area contributed by atoms with Crippen molar-refractivity contribution in [3.05, 3.63) is 41.3 Å². The Morgan fingerprint density at radius 3 is 2.81 bits per heavy atom. The van der Waals surface area contributed by atoms with Crippen molar-refractivity contribution >= 4 is 0 Å². The average molecular weight is 361 g/mol. The van der Waals surface area contributed by atoms with E-state index in [9.17, 15) is 8.78 Å². The van der Waals surface area contributed by atoms with Gasteiger partial charge in [-0.15, -0.1) is 0 Å². The number of nitrogens with zero attached hydrogens (tertiary/aromatic N) is 3. The zero-order chi connectivity index (χ0) is 18.3. The standard InChI is InChI=1S/C20H25F2N3O/c1-13-6-3-4-9-25(13)15-10-24(11-15)12-18-14(2)26-20(23-18)16-7-5-8-17(21)19(16)22/h5,7-8,13,15H,3-4,6,9-12H2,1-2H3/t13-/m0/s1. The van der Waals surface area contributed by atoms with Gasteiger partial charge in [-0.05, 0) is 45.4 Å². The molecule has 2 aromatic rings. The second kappa shape index (κ2) is 7.08. The molecule has 26 heavy (non-hydrogen) atoms. The molecule has 0 amide bonds. The molecule has 1 aromatic heterocycles. The summed E-state index contributed by atoms with van der Waals surface area (Å²) in [6.07, 6.45) is 3.93. The van der Waals surface area contributed by atoms with Crippen molar-refractivity contribution < 1.29 is 13.2 Å². The van der Waals surface area contributed by atoms with Crippen LogP contribution < -0.4 is 0 Å². The minimum atomic E-state index is -0.914. The predicted molar refractivity (Wildman–Crippen MR) is 95.7 cm³/mol. The third-order valence-electron chi connectivity index (χ3n) is 5.71. The van der Waals surface area contributed by atoms with Crippen LogP contribution in [0.5, 0.6) is 0 Å². The maximum atomic E-state index is 14.0. The molecule has 3 heterocycles. The Labute approximate surface area is 152 Å². The highest BCUT2D eigenvalue weighted by atomic mass is 19.2. The van der Waals surface area contributed by atoms with Gasteiger partial charge >= 0.3 is 0 Å². The van der Waals surface area contributed by atoms with Crippen LogP contribution in [-0.4, -0.2) is 46.5 Å². The molecule has 0 spiro atoms. The minimum absolute atomic E-state index is 0.0722. The maximum absolute atomic E-state index is 14.0.